The van der Waals surface area contributed by atoms with Gasteiger partial charge in [0.15, 0.2) is 11.4 Å². The Morgan fingerprint density at radius 2 is 1.58 bits per heavy atom. The Balaban J connectivity index is 1.61. The fraction of sp³-hybridized carbons (Fsp3) is 0.0435. The highest BCUT2D eigenvalue weighted by atomic mass is 32.1. The van der Waals surface area contributed by atoms with Crippen molar-refractivity contribution in [1.29, 1.82) is 0 Å². The normalized spacial score (nSPS) is 10.5. The second kappa shape index (κ2) is 8.85. The number of carbonyl (C=O) groups excluding carboxylic acids is 2. The van der Waals surface area contributed by atoms with Crippen molar-refractivity contribution in [2.24, 2.45) is 0 Å². The van der Waals surface area contributed by atoms with Gasteiger partial charge in [-0.3, -0.25) is 9.59 Å². The van der Waals surface area contributed by atoms with E-state index in [1.165, 1.54) is 36.7 Å². The van der Waals surface area contributed by atoms with Crippen molar-refractivity contribution in [2.45, 2.75) is 6.92 Å². The van der Waals surface area contributed by atoms with E-state index in [0.717, 1.165) is 16.7 Å². The van der Waals surface area contributed by atoms with Gasteiger partial charge in [0.2, 0.25) is 0 Å². The Morgan fingerprint density at radius 3 is 2.23 bits per heavy atom. The van der Waals surface area contributed by atoms with Crippen molar-refractivity contribution in [3.8, 4) is 11.1 Å². The highest BCUT2D eigenvalue weighted by Gasteiger charge is 2.21. The molecule has 154 valence electrons. The van der Waals surface area contributed by atoms with E-state index in [9.17, 15) is 14.0 Å². The lowest BCUT2D eigenvalue weighted by atomic mass is 10.0. The number of nitrogens with one attached hydrogen (secondary N) is 2. The van der Waals surface area contributed by atoms with E-state index >= 15 is 0 Å². The molecule has 8 heteroatoms. The van der Waals surface area contributed by atoms with Gasteiger partial charge < -0.3 is 10.6 Å². The third kappa shape index (κ3) is 4.65. The van der Waals surface area contributed by atoms with Crippen molar-refractivity contribution >= 4 is 34.5 Å². The Kier molecular flexibility index (Phi) is 5.81. The zero-order valence-electron chi connectivity index (χ0n) is 16.4. The molecule has 0 fully saturated rings. The first-order valence-corrected chi connectivity index (χ1v) is 10.3. The van der Waals surface area contributed by atoms with Crippen LogP contribution >= 0.6 is 11.3 Å². The molecule has 2 amide bonds. The molecule has 0 aliphatic rings. The molecule has 0 spiro atoms. The average Bonchev–Trinajstić information content (AvgIpc) is 3.31. The van der Waals surface area contributed by atoms with Gasteiger partial charge in [0.1, 0.15) is 5.82 Å². The molecule has 2 N–H and O–H groups in total. The van der Waals surface area contributed by atoms with Gasteiger partial charge in [-0.2, -0.15) is 11.3 Å². The summed E-state index contributed by atoms with van der Waals surface area (Å²) in [4.78, 5) is 33.8. The van der Waals surface area contributed by atoms with Crippen LogP contribution in [0.1, 0.15) is 26.5 Å². The lowest BCUT2D eigenvalue weighted by Crippen LogP contribution is -2.23. The molecule has 6 nitrogen and oxygen atoms in total. The number of aryl methyl sites for hydroxylation is 1. The van der Waals surface area contributed by atoms with Crippen LogP contribution in [0.2, 0.25) is 0 Å². The van der Waals surface area contributed by atoms with Crippen molar-refractivity contribution in [1.82, 2.24) is 9.97 Å². The summed E-state index contributed by atoms with van der Waals surface area (Å²) in [6.07, 6.45) is 2.68. The van der Waals surface area contributed by atoms with Crippen LogP contribution in [0.5, 0.6) is 0 Å². The van der Waals surface area contributed by atoms with Crippen LogP contribution in [0.15, 0.2) is 71.7 Å². The quantitative estimate of drug-likeness (QED) is 0.456. The van der Waals surface area contributed by atoms with E-state index in [-0.39, 0.29) is 11.4 Å². The summed E-state index contributed by atoms with van der Waals surface area (Å²) in [6.45, 7) is 1.97. The molecule has 0 radical (unpaired) electrons. The topological polar surface area (TPSA) is 84.0 Å². The minimum absolute atomic E-state index is 0.112. The largest absolute Gasteiger partial charge is 0.321 e. The number of aromatic nitrogens is 2. The lowest BCUT2D eigenvalue weighted by Gasteiger charge is -2.12. The maximum Gasteiger partial charge on any atom is 0.276 e. The molecule has 4 rings (SSSR count). The average molecular weight is 432 g/mol. The van der Waals surface area contributed by atoms with Crippen LogP contribution in [0.25, 0.3) is 11.1 Å². The molecule has 0 saturated carbocycles. The van der Waals surface area contributed by atoms with Gasteiger partial charge in [-0.05, 0) is 65.7 Å². The van der Waals surface area contributed by atoms with E-state index in [1.54, 1.807) is 11.3 Å². The summed E-state index contributed by atoms with van der Waals surface area (Å²) < 4.78 is 13.1. The number of rotatable bonds is 5. The highest BCUT2D eigenvalue weighted by molar-refractivity contribution is 7.08. The number of thiophene rings is 1. The number of nitrogens with zero attached hydrogens (tertiary/aromatic N) is 2. The van der Waals surface area contributed by atoms with Crippen LogP contribution < -0.4 is 10.6 Å². The van der Waals surface area contributed by atoms with Crippen LogP contribution in [0.3, 0.4) is 0 Å². The number of anilines is 2. The van der Waals surface area contributed by atoms with Crippen LogP contribution in [0, 0.1) is 12.7 Å². The van der Waals surface area contributed by atoms with Gasteiger partial charge in [-0.1, -0.05) is 11.6 Å². The first kappa shape index (κ1) is 20.4. The smallest absolute Gasteiger partial charge is 0.276 e. The van der Waals surface area contributed by atoms with Crippen molar-refractivity contribution < 1.29 is 14.0 Å². The minimum Gasteiger partial charge on any atom is -0.321 e. The molecule has 0 bridgehead atoms. The first-order valence-electron chi connectivity index (χ1n) is 9.34. The third-order valence-corrected chi connectivity index (χ3v) is 5.17. The first-order chi connectivity index (χ1) is 15.0. The van der Waals surface area contributed by atoms with Gasteiger partial charge in [0.05, 0.1) is 0 Å². The fourth-order valence-electron chi connectivity index (χ4n) is 3.00. The second-order valence-electron chi connectivity index (χ2n) is 6.73. The maximum absolute atomic E-state index is 13.1. The summed E-state index contributed by atoms with van der Waals surface area (Å²) in [5.41, 5.74) is 3.64. The summed E-state index contributed by atoms with van der Waals surface area (Å²) in [5, 5.41) is 9.40. The monoisotopic (exact) mass is 432 g/mol. The predicted molar refractivity (Wildman–Crippen MR) is 119 cm³/mol. The summed E-state index contributed by atoms with van der Waals surface area (Å²) >= 11 is 1.56. The Morgan fingerprint density at radius 1 is 0.903 bits per heavy atom. The number of carbonyl (C=O) groups is 2. The molecule has 0 aliphatic carbocycles. The molecule has 4 aromatic rings. The Hall–Kier alpha value is -3.91. The van der Waals surface area contributed by atoms with Crippen molar-refractivity contribution in [2.75, 3.05) is 10.6 Å². The molecule has 0 atom stereocenters. The van der Waals surface area contributed by atoms with Gasteiger partial charge in [0.25, 0.3) is 11.8 Å². The molecule has 2 aromatic heterocycles. The molecule has 0 aliphatic heterocycles. The molecule has 31 heavy (non-hydrogen) atoms. The third-order valence-electron chi connectivity index (χ3n) is 4.49. The molecule has 0 saturated heterocycles. The number of amides is 2. The second-order valence-corrected chi connectivity index (χ2v) is 7.51. The zero-order chi connectivity index (χ0) is 21.8. The van der Waals surface area contributed by atoms with Crippen LogP contribution in [-0.2, 0) is 0 Å². The van der Waals surface area contributed by atoms with E-state index in [0.29, 0.717) is 11.4 Å². The fourth-order valence-corrected chi connectivity index (χ4v) is 3.65. The SMILES string of the molecule is Cc1ccc(NC(=O)c2nccnc2C(=O)Nc2ccc(F)cc2)c(-c2ccsc2)c1. The molecule has 0 unspecified atom stereocenters. The van der Waals surface area contributed by atoms with E-state index < -0.39 is 17.6 Å². The summed E-state index contributed by atoms with van der Waals surface area (Å²) in [5.74, 6) is -1.60. The van der Waals surface area contributed by atoms with E-state index in [4.69, 9.17) is 0 Å². The zero-order valence-corrected chi connectivity index (χ0v) is 17.2. The van der Waals surface area contributed by atoms with E-state index in [2.05, 4.69) is 20.6 Å². The molecular weight excluding hydrogens is 415 g/mol. The van der Waals surface area contributed by atoms with Crippen LogP contribution in [-0.4, -0.2) is 21.8 Å². The highest BCUT2D eigenvalue weighted by Crippen LogP contribution is 2.31. The molecule has 2 heterocycles. The Bertz CT molecular complexity index is 1240. The van der Waals surface area contributed by atoms with Crippen LogP contribution in [0.4, 0.5) is 15.8 Å². The number of halogens is 1. The minimum atomic E-state index is -0.619. The van der Waals surface area contributed by atoms with Crippen molar-refractivity contribution in [3.63, 3.8) is 0 Å². The molecule has 2 aromatic carbocycles. The lowest BCUT2D eigenvalue weighted by molar-refractivity contribution is 0.0983. The van der Waals surface area contributed by atoms with Gasteiger partial charge in [-0.15, -0.1) is 0 Å². The van der Waals surface area contributed by atoms with Gasteiger partial charge in [-0.25, -0.2) is 14.4 Å². The number of benzene rings is 2. The Labute approximate surface area is 181 Å². The molecular formula is C23H17FN4O2S. The van der Waals surface area contributed by atoms with Gasteiger partial charge >= 0.3 is 0 Å². The number of hydrogen-bond acceptors (Lipinski definition) is 5. The van der Waals surface area contributed by atoms with Crippen molar-refractivity contribution in [3.05, 3.63) is 94.5 Å². The summed E-state index contributed by atoms with van der Waals surface area (Å²) in [7, 11) is 0. The predicted octanol–water partition coefficient (Wildman–Crippen LogP) is 5.16. The summed E-state index contributed by atoms with van der Waals surface area (Å²) in [6, 6.07) is 13.0. The maximum atomic E-state index is 13.1. The van der Waals surface area contributed by atoms with E-state index in [1.807, 2.05) is 41.9 Å². The standard InChI is InChI=1S/C23H17FN4O2S/c1-14-2-7-19(18(12-14)15-8-11-31-13-15)28-23(30)21-20(25-9-10-26-21)22(29)27-17-5-3-16(24)4-6-17/h2-13H,1H3,(H,27,29)(H,28,30). The van der Waals surface area contributed by atoms with Gasteiger partial charge in [0, 0.05) is 29.3 Å². The number of hydrogen-bond donors (Lipinski definition) is 2.